The lowest BCUT2D eigenvalue weighted by atomic mass is 10.3. The molecule has 9 heteroatoms. The normalized spacial score (nSPS) is 12.0. The molecule has 0 fully saturated rings. The van der Waals surface area contributed by atoms with Crippen molar-refractivity contribution >= 4 is 17.0 Å². The van der Waals surface area contributed by atoms with Crippen molar-refractivity contribution in [2.24, 2.45) is 0 Å². The first-order valence-corrected chi connectivity index (χ1v) is 5.80. The van der Waals surface area contributed by atoms with Crippen LogP contribution in [-0.2, 0) is 17.8 Å². The third kappa shape index (κ3) is 3.47. The zero-order valence-corrected chi connectivity index (χ0v) is 10.4. The Kier molecular flexibility index (Phi) is 3.84. The van der Waals surface area contributed by atoms with Crippen molar-refractivity contribution < 1.29 is 31.9 Å². The van der Waals surface area contributed by atoms with Gasteiger partial charge in [0.25, 0.3) is 0 Å². The highest BCUT2D eigenvalue weighted by atomic mass is 19.4. The minimum absolute atomic E-state index is 0.0616. The molecular formula is C12H9F5N2O2. The molecule has 0 radical (unpaired) electrons. The second-order valence-electron chi connectivity index (χ2n) is 4.38. The van der Waals surface area contributed by atoms with Crippen LogP contribution in [0.2, 0.25) is 0 Å². The molecule has 0 saturated heterocycles. The summed E-state index contributed by atoms with van der Waals surface area (Å²) in [5.74, 6) is -3.94. The van der Waals surface area contributed by atoms with Gasteiger partial charge in [-0.15, -0.1) is 0 Å². The second-order valence-corrected chi connectivity index (χ2v) is 4.38. The number of carboxylic acids is 1. The van der Waals surface area contributed by atoms with Crippen LogP contribution in [-0.4, -0.2) is 26.8 Å². The lowest BCUT2D eigenvalue weighted by Gasteiger charge is -2.08. The Bertz CT molecular complexity index is 693. The fraction of sp³-hybridized carbons (Fsp3) is 0.333. The number of imidazole rings is 1. The summed E-state index contributed by atoms with van der Waals surface area (Å²) in [5, 5.41) is 8.78. The van der Waals surface area contributed by atoms with E-state index in [0.717, 1.165) is 16.7 Å². The number of carbonyl (C=O) groups is 1. The van der Waals surface area contributed by atoms with Crippen molar-refractivity contribution in [3.05, 3.63) is 29.6 Å². The highest BCUT2D eigenvalue weighted by molar-refractivity contribution is 5.78. The molecule has 2 rings (SSSR count). The van der Waals surface area contributed by atoms with Gasteiger partial charge in [0.2, 0.25) is 0 Å². The average Bonchev–Trinajstić information content (AvgIpc) is 2.64. The molecule has 0 aliphatic carbocycles. The number of rotatable bonds is 4. The topological polar surface area (TPSA) is 55.1 Å². The fourth-order valence-electron chi connectivity index (χ4n) is 1.93. The van der Waals surface area contributed by atoms with Crippen molar-refractivity contribution in [2.75, 3.05) is 0 Å². The predicted octanol–water partition coefficient (Wildman–Crippen LogP) is 2.89. The number of fused-ring (bicyclic) bond motifs is 1. The number of benzene rings is 1. The molecule has 1 heterocycles. The zero-order chi connectivity index (χ0) is 15.8. The van der Waals surface area contributed by atoms with E-state index in [-0.39, 0.29) is 16.9 Å². The Morgan fingerprint density at radius 2 is 1.86 bits per heavy atom. The van der Waals surface area contributed by atoms with E-state index < -0.39 is 43.2 Å². The fourth-order valence-corrected chi connectivity index (χ4v) is 1.93. The quantitative estimate of drug-likeness (QED) is 0.884. The van der Waals surface area contributed by atoms with E-state index in [1.807, 2.05) is 0 Å². The van der Waals surface area contributed by atoms with Crippen LogP contribution in [0, 0.1) is 11.6 Å². The molecule has 0 spiro atoms. The largest absolute Gasteiger partial charge is 0.480 e. The maximum Gasteiger partial charge on any atom is 0.389 e. The van der Waals surface area contributed by atoms with Gasteiger partial charge in [-0.3, -0.25) is 4.79 Å². The van der Waals surface area contributed by atoms with Crippen LogP contribution in [0.3, 0.4) is 0 Å². The Morgan fingerprint density at radius 3 is 2.43 bits per heavy atom. The molecule has 21 heavy (non-hydrogen) atoms. The molecule has 0 aliphatic heterocycles. The third-order valence-electron chi connectivity index (χ3n) is 2.79. The maximum atomic E-state index is 13.2. The van der Waals surface area contributed by atoms with Crippen LogP contribution in [0.15, 0.2) is 12.1 Å². The van der Waals surface area contributed by atoms with E-state index in [2.05, 4.69) is 4.98 Å². The maximum absolute atomic E-state index is 13.2. The average molecular weight is 308 g/mol. The number of hydrogen-bond acceptors (Lipinski definition) is 2. The van der Waals surface area contributed by atoms with Gasteiger partial charge < -0.3 is 9.67 Å². The summed E-state index contributed by atoms with van der Waals surface area (Å²) in [6.45, 7) is -0.686. The van der Waals surface area contributed by atoms with Crippen LogP contribution in [0.25, 0.3) is 11.0 Å². The van der Waals surface area contributed by atoms with E-state index in [0.29, 0.717) is 0 Å². The predicted molar refractivity (Wildman–Crippen MR) is 61.7 cm³/mol. The van der Waals surface area contributed by atoms with Gasteiger partial charge in [0.05, 0.1) is 17.5 Å². The van der Waals surface area contributed by atoms with Gasteiger partial charge in [-0.25, -0.2) is 13.8 Å². The van der Waals surface area contributed by atoms with Crippen LogP contribution in [0.1, 0.15) is 12.2 Å². The van der Waals surface area contributed by atoms with Gasteiger partial charge in [0.1, 0.15) is 12.4 Å². The molecule has 1 aromatic heterocycles. The molecular weight excluding hydrogens is 299 g/mol. The number of aryl methyl sites for hydroxylation is 1. The monoisotopic (exact) mass is 308 g/mol. The lowest BCUT2D eigenvalue weighted by molar-refractivity contribution is -0.137. The van der Waals surface area contributed by atoms with Crippen LogP contribution in [0.5, 0.6) is 0 Å². The number of hydrogen-bond donors (Lipinski definition) is 1. The molecule has 0 atom stereocenters. The first-order chi connectivity index (χ1) is 9.67. The number of aromatic nitrogens is 2. The van der Waals surface area contributed by atoms with Gasteiger partial charge in [-0.05, 0) is 0 Å². The number of alkyl halides is 3. The summed E-state index contributed by atoms with van der Waals surface area (Å²) in [6.07, 6.45) is -6.22. The van der Waals surface area contributed by atoms with Gasteiger partial charge in [0.15, 0.2) is 11.6 Å². The zero-order valence-electron chi connectivity index (χ0n) is 10.4. The van der Waals surface area contributed by atoms with Crippen LogP contribution >= 0.6 is 0 Å². The molecule has 2 aromatic rings. The minimum Gasteiger partial charge on any atom is -0.480 e. The third-order valence-corrected chi connectivity index (χ3v) is 2.79. The molecule has 4 nitrogen and oxygen atoms in total. The first-order valence-electron chi connectivity index (χ1n) is 5.80. The van der Waals surface area contributed by atoms with E-state index in [4.69, 9.17) is 5.11 Å². The summed E-state index contributed by atoms with van der Waals surface area (Å²) < 4.78 is 64.0. The van der Waals surface area contributed by atoms with Gasteiger partial charge >= 0.3 is 12.1 Å². The number of halogens is 5. The highest BCUT2D eigenvalue weighted by Crippen LogP contribution is 2.25. The summed E-state index contributed by atoms with van der Waals surface area (Å²) in [5.41, 5.74) is -0.152. The minimum atomic E-state index is -4.44. The smallest absolute Gasteiger partial charge is 0.389 e. The Balaban J connectivity index is 2.49. The summed E-state index contributed by atoms with van der Waals surface area (Å²) in [7, 11) is 0. The number of aliphatic carboxylic acids is 1. The van der Waals surface area contributed by atoms with E-state index >= 15 is 0 Å². The van der Waals surface area contributed by atoms with Crippen molar-refractivity contribution in [1.82, 2.24) is 9.55 Å². The molecule has 0 saturated carbocycles. The van der Waals surface area contributed by atoms with Crippen molar-refractivity contribution in [3.8, 4) is 0 Å². The summed E-state index contributed by atoms with van der Waals surface area (Å²) in [6, 6.07) is 1.44. The Labute approximate surface area is 114 Å². The second kappa shape index (κ2) is 5.30. The molecule has 0 amide bonds. The molecule has 1 aromatic carbocycles. The van der Waals surface area contributed by atoms with Crippen LogP contribution < -0.4 is 0 Å². The van der Waals surface area contributed by atoms with Crippen molar-refractivity contribution in [1.29, 1.82) is 0 Å². The molecule has 0 unspecified atom stereocenters. The molecule has 0 bridgehead atoms. The SMILES string of the molecule is O=C(O)Cn1c(CCC(F)(F)F)nc2cc(F)c(F)cc21. The van der Waals surface area contributed by atoms with Gasteiger partial charge in [-0.1, -0.05) is 0 Å². The van der Waals surface area contributed by atoms with E-state index in [1.54, 1.807) is 0 Å². The Morgan fingerprint density at radius 1 is 1.24 bits per heavy atom. The summed E-state index contributed by atoms with van der Waals surface area (Å²) >= 11 is 0. The molecule has 0 aliphatic rings. The van der Waals surface area contributed by atoms with E-state index in [9.17, 15) is 26.7 Å². The number of nitrogens with zero attached hydrogens (tertiary/aromatic N) is 2. The molecule has 114 valence electrons. The van der Waals surface area contributed by atoms with Gasteiger partial charge in [-0.2, -0.15) is 13.2 Å². The summed E-state index contributed by atoms with van der Waals surface area (Å²) in [4.78, 5) is 14.5. The molecule has 1 N–H and O–H groups in total. The van der Waals surface area contributed by atoms with Crippen molar-refractivity contribution in [2.45, 2.75) is 25.6 Å². The lowest BCUT2D eigenvalue weighted by Crippen LogP contribution is -2.15. The Hall–Kier alpha value is -2.19. The van der Waals surface area contributed by atoms with Crippen LogP contribution in [0.4, 0.5) is 22.0 Å². The van der Waals surface area contributed by atoms with E-state index in [1.165, 1.54) is 0 Å². The standard InChI is InChI=1S/C12H9F5N2O2/c13-6-3-8-9(4-7(6)14)19(5-11(20)21)10(18-8)1-2-12(15,16)17/h3-4H,1-2,5H2,(H,20,21). The van der Waals surface area contributed by atoms with Crippen molar-refractivity contribution in [3.63, 3.8) is 0 Å². The first kappa shape index (κ1) is 15.2. The number of carboxylic acid groups (broad SMARTS) is 1. The highest BCUT2D eigenvalue weighted by Gasteiger charge is 2.28. The van der Waals surface area contributed by atoms with Gasteiger partial charge in [0, 0.05) is 18.6 Å².